The van der Waals surface area contributed by atoms with Crippen LogP contribution in [0.4, 0.5) is 0 Å². The van der Waals surface area contributed by atoms with E-state index in [2.05, 4.69) is 24.4 Å². The normalized spacial score (nSPS) is 9.56. The number of aromatic nitrogens is 1. The summed E-state index contributed by atoms with van der Waals surface area (Å²) in [7, 11) is 0. The third-order valence-electron chi connectivity index (χ3n) is 1.85. The van der Waals surface area contributed by atoms with Crippen molar-refractivity contribution in [2.45, 2.75) is 18.7 Å². The Morgan fingerprint density at radius 2 is 2.44 bits per heavy atom. The fraction of sp³-hybridized carbons (Fsp3) is 0.308. The molecule has 0 spiro atoms. The minimum absolute atomic E-state index is 0.268. The van der Waals surface area contributed by atoms with Gasteiger partial charge in [-0.1, -0.05) is 19.4 Å². The van der Waals surface area contributed by atoms with Crippen molar-refractivity contribution in [3.05, 3.63) is 24.5 Å². The molecule has 2 nitrogen and oxygen atoms in total. The van der Waals surface area contributed by atoms with Gasteiger partial charge in [0, 0.05) is 4.90 Å². The highest BCUT2D eigenvalue weighted by Gasteiger charge is 2.06. The molecule has 84 valence electrons. The lowest BCUT2D eigenvalue weighted by Gasteiger charge is -2.09. The zero-order valence-corrected chi connectivity index (χ0v) is 10.4. The van der Waals surface area contributed by atoms with Gasteiger partial charge in [-0.3, -0.25) is 4.98 Å². The van der Waals surface area contributed by atoms with E-state index >= 15 is 0 Å². The van der Waals surface area contributed by atoms with E-state index in [1.54, 1.807) is 18.0 Å². The lowest BCUT2D eigenvalue weighted by Crippen LogP contribution is -1.97. The first-order chi connectivity index (χ1) is 7.69. The Kier molecular flexibility index (Phi) is 4.94. The van der Waals surface area contributed by atoms with Gasteiger partial charge < -0.3 is 4.74 Å². The third-order valence-corrected chi connectivity index (χ3v) is 2.76. The molecular formula is C13H15NOS. The van der Waals surface area contributed by atoms with Gasteiger partial charge in [-0.2, -0.15) is 0 Å². The molecule has 0 saturated carbocycles. The Morgan fingerprint density at radius 3 is 3.00 bits per heavy atom. The minimum Gasteiger partial charge on any atom is -0.479 e. The molecule has 0 unspecified atom stereocenters. The van der Waals surface area contributed by atoms with Gasteiger partial charge in [-0.25, -0.2) is 0 Å². The van der Waals surface area contributed by atoms with Crippen LogP contribution in [0, 0.1) is 12.3 Å². The summed E-state index contributed by atoms with van der Waals surface area (Å²) in [6, 6.07) is 1.96. The lowest BCUT2D eigenvalue weighted by molar-refractivity contribution is 0.367. The molecule has 0 fully saturated rings. The smallest absolute Gasteiger partial charge is 0.148 e. The third kappa shape index (κ3) is 3.32. The van der Waals surface area contributed by atoms with Crippen molar-refractivity contribution in [2.24, 2.45) is 0 Å². The topological polar surface area (TPSA) is 22.1 Å². The first-order valence-corrected chi connectivity index (χ1v) is 6.02. The molecule has 0 aliphatic carbocycles. The van der Waals surface area contributed by atoms with Crippen molar-refractivity contribution in [2.75, 3.05) is 12.4 Å². The number of ether oxygens (including phenoxy) is 1. The van der Waals surface area contributed by atoms with Crippen LogP contribution in [0.1, 0.15) is 19.5 Å². The lowest BCUT2D eigenvalue weighted by atomic mass is 10.2. The van der Waals surface area contributed by atoms with E-state index in [1.807, 2.05) is 13.0 Å². The van der Waals surface area contributed by atoms with E-state index in [1.165, 1.54) is 0 Å². The minimum atomic E-state index is 0.268. The highest BCUT2D eigenvalue weighted by Crippen LogP contribution is 2.28. The Bertz CT molecular complexity index is 420. The van der Waals surface area contributed by atoms with Gasteiger partial charge >= 0.3 is 0 Å². The molecule has 0 aliphatic rings. The van der Waals surface area contributed by atoms with Gasteiger partial charge in [0.15, 0.2) is 0 Å². The standard InChI is InChI=1S/C13H15NOS/c1-5-7-15-11-8-12(16-6-2)13(10(3)4)14-9-11/h1,8-9H,3,6-7H2,2,4H3. The molecule has 0 N–H and O–H groups in total. The van der Waals surface area contributed by atoms with Gasteiger partial charge in [-0.15, -0.1) is 18.2 Å². The van der Waals surface area contributed by atoms with Gasteiger partial charge in [0.05, 0.1) is 11.9 Å². The fourth-order valence-corrected chi connectivity index (χ4v) is 2.09. The van der Waals surface area contributed by atoms with Crippen molar-refractivity contribution in [1.29, 1.82) is 0 Å². The molecule has 0 aromatic carbocycles. The first kappa shape index (κ1) is 12.7. The van der Waals surface area contributed by atoms with Crippen LogP contribution in [0.5, 0.6) is 5.75 Å². The van der Waals surface area contributed by atoms with Crippen LogP contribution in [-0.4, -0.2) is 17.3 Å². The van der Waals surface area contributed by atoms with Crippen molar-refractivity contribution < 1.29 is 4.74 Å². The quantitative estimate of drug-likeness (QED) is 0.576. The molecule has 0 atom stereocenters. The molecule has 0 radical (unpaired) electrons. The Labute approximate surface area is 101 Å². The summed E-state index contributed by atoms with van der Waals surface area (Å²) >= 11 is 1.72. The molecule has 1 heterocycles. The van der Waals surface area contributed by atoms with E-state index in [0.717, 1.165) is 21.9 Å². The van der Waals surface area contributed by atoms with Crippen LogP contribution in [0.3, 0.4) is 0 Å². The van der Waals surface area contributed by atoms with Crippen molar-refractivity contribution in [3.63, 3.8) is 0 Å². The summed E-state index contributed by atoms with van der Waals surface area (Å²) in [6.45, 7) is 8.23. The van der Waals surface area contributed by atoms with Crippen molar-refractivity contribution >= 4 is 17.3 Å². The summed E-state index contributed by atoms with van der Waals surface area (Å²) in [6.07, 6.45) is 6.82. The van der Waals surface area contributed by atoms with E-state index in [-0.39, 0.29) is 6.61 Å². The monoisotopic (exact) mass is 233 g/mol. The van der Waals surface area contributed by atoms with Crippen molar-refractivity contribution in [1.82, 2.24) is 4.98 Å². The summed E-state index contributed by atoms with van der Waals surface area (Å²) in [4.78, 5) is 5.42. The second-order valence-corrected chi connectivity index (χ2v) is 4.53. The van der Waals surface area contributed by atoms with Crippen molar-refractivity contribution in [3.8, 4) is 18.1 Å². The number of hydrogen-bond donors (Lipinski definition) is 0. The zero-order chi connectivity index (χ0) is 12.0. The van der Waals surface area contributed by atoms with Gasteiger partial charge in [0.2, 0.25) is 0 Å². The molecular weight excluding hydrogens is 218 g/mol. The van der Waals surface area contributed by atoms with Gasteiger partial charge in [0.1, 0.15) is 12.4 Å². The highest BCUT2D eigenvalue weighted by atomic mass is 32.2. The first-order valence-electron chi connectivity index (χ1n) is 5.04. The highest BCUT2D eigenvalue weighted by molar-refractivity contribution is 7.99. The summed E-state index contributed by atoms with van der Waals surface area (Å²) in [5.74, 6) is 4.12. The molecule has 16 heavy (non-hydrogen) atoms. The van der Waals surface area contributed by atoms with Crippen LogP contribution in [0.2, 0.25) is 0 Å². The number of thioether (sulfide) groups is 1. The Morgan fingerprint density at radius 1 is 1.69 bits per heavy atom. The second kappa shape index (κ2) is 6.24. The van der Waals surface area contributed by atoms with Gasteiger partial charge in [-0.05, 0) is 24.3 Å². The Balaban J connectivity index is 2.98. The predicted octanol–water partition coefficient (Wildman–Crippen LogP) is 3.24. The second-order valence-electron chi connectivity index (χ2n) is 3.22. The maximum Gasteiger partial charge on any atom is 0.148 e. The van der Waals surface area contributed by atoms with E-state index in [0.29, 0.717) is 5.75 Å². The predicted molar refractivity (Wildman–Crippen MR) is 69.7 cm³/mol. The number of hydrogen-bond acceptors (Lipinski definition) is 3. The van der Waals surface area contributed by atoms with Crippen LogP contribution < -0.4 is 4.74 Å². The average Bonchev–Trinajstić information content (AvgIpc) is 2.26. The summed E-state index contributed by atoms with van der Waals surface area (Å²) in [5.41, 5.74) is 1.89. The van der Waals surface area contributed by atoms with Crippen LogP contribution in [0.15, 0.2) is 23.7 Å². The fourth-order valence-electron chi connectivity index (χ4n) is 1.22. The summed E-state index contributed by atoms with van der Waals surface area (Å²) in [5, 5.41) is 0. The van der Waals surface area contributed by atoms with E-state index in [4.69, 9.17) is 11.2 Å². The number of pyridine rings is 1. The maximum atomic E-state index is 5.34. The molecule has 0 saturated heterocycles. The van der Waals surface area contributed by atoms with Crippen LogP contribution >= 0.6 is 11.8 Å². The maximum absolute atomic E-state index is 5.34. The number of terminal acetylenes is 1. The zero-order valence-electron chi connectivity index (χ0n) is 9.62. The molecule has 0 aliphatic heterocycles. The average molecular weight is 233 g/mol. The van der Waals surface area contributed by atoms with Crippen LogP contribution in [0.25, 0.3) is 5.57 Å². The number of rotatable bonds is 5. The van der Waals surface area contributed by atoms with Crippen LogP contribution in [-0.2, 0) is 0 Å². The molecule has 3 heteroatoms. The molecule has 0 bridgehead atoms. The largest absolute Gasteiger partial charge is 0.479 e. The Hall–Kier alpha value is -1.40. The number of allylic oxidation sites excluding steroid dienone is 1. The molecule has 0 amide bonds. The number of nitrogens with zero attached hydrogens (tertiary/aromatic N) is 1. The van der Waals surface area contributed by atoms with E-state index in [9.17, 15) is 0 Å². The van der Waals surface area contributed by atoms with E-state index < -0.39 is 0 Å². The molecule has 1 rings (SSSR count). The SMILES string of the molecule is C#CCOc1cnc(C(=C)C)c(SCC)c1. The molecule has 1 aromatic heterocycles. The van der Waals surface area contributed by atoms with Gasteiger partial charge in [0.25, 0.3) is 0 Å². The molecule has 1 aromatic rings. The summed E-state index contributed by atoms with van der Waals surface area (Å²) < 4.78 is 5.34.